The van der Waals surface area contributed by atoms with Crippen molar-refractivity contribution in [2.24, 2.45) is 0 Å². The summed E-state index contributed by atoms with van der Waals surface area (Å²) in [7, 11) is 4.42. The molecule has 12 rings (SSSR count). The van der Waals surface area contributed by atoms with E-state index in [-0.39, 0.29) is 118 Å². The number of carbonyl (C=O) groups excluding carboxylic acids is 3. The molecule has 0 spiro atoms. The van der Waals surface area contributed by atoms with Crippen molar-refractivity contribution in [2.75, 3.05) is 66.3 Å². The van der Waals surface area contributed by atoms with Crippen LogP contribution in [0.1, 0.15) is 91.5 Å². The van der Waals surface area contributed by atoms with Crippen LogP contribution in [0.25, 0.3) is 32.7 Å². The van der Waals surface area contributed by atoms with E-state index in [9.17, 15) is 53.3 Å². The van der Waals surface area contributed by atoms with Gasteiger partial charge >= 0.3 is 11.8 Å². The molecule has 0 unspecified atom stereocenters. The molecule has 3 fully saturated rings. The maximum absolute atomic E-state index is 14.5. The van der Waals surface area contributed by atoms with Gasteiger partial charge in [0.2, 0.25) is 18.3 Å². The fraction of sp³-hybridized carbons (Fsp3) is 0.338. The van der Waals surface area contributed by atoms with Crippen molar-refractivity contribution >= 4 is 73.6 Å². The second-order valence-corrected chi connectivity index (χ2v) is 22.9. The van der Waals surface area contributed by atoms with Gasteiger partial charge in [-0.3, -0.25) is 24.8 Å². The third-order valence-corrected chi connectivity index (χ3v) is 15.8. The third-order valence-electron chi connectivity index (χ3n) is 15.8. The Labute approximate surface area is 598 Å². The molecule has 8 N–H and O–H groups in total. The minimum atomic E-state index is -0.809. The zero-order valence-electron chi connectivity index (χ0n) is 52.6. The topological polar surface area (TPSA) is 303 Å². The molecule has 9 aromatic rings. The van der Waals surface area contributed by atoms with Crippen LogP contribution in [-0.2, 0) is 73.1 Å². The van der Waals surface area contributed by atoms with Gasteiger partial charge in [0.05, 0.1) is 95.1 Å². The number of benzene rings is 3. The van der Waals surface area contributed by atoms with Gasteiger partial charge in [0, 0.05) is 109 Å². The molecule has 3 aliphatic rings. The summed E-state index contributed by atoms with van der Waals surface area (Å²) in [4.78, 5) is 55.4. The standard InChI is InChI=1S/2C22H22FN3O5.C22H22FN3O4.CH2Cl2.CH4.V.W/c2*1-30-20-10-13(5-7-26(20)29)9-14-11-18(24-21-15(14)3-2-4-16(21)23)22(28)25-17-6-8-31-12-19(17)27;1-29-20-10-13(5-7-24-20)9-14-11-18(25-21-15(14)3-2-4-16(21)23)22(28)26-17-6-8-30-12-19(17)27;2-1-3;;;/h2*2-5,7,10-11,17,19,27H,6,8-9,12H2,1H3,(H-,25,28,29);2-5,7,10-11,17,19,27H,6,8-9,12H2,1H3,(H,26,28);1H2;1H4;;/p+2/t3*17-,19-;;;;/m000..../s1. The molecule has 98 heavy (non-hydrogen) atoms. The monoisotopic (exact) mass is 1600 g/mol. The number of carbonyl (C=O) groups is 3. The molecule has 3 saturated heterocycles. The maximum Gasteiger partial charge on any atom is 0.416 e. The maximum atomic E-state index is 14.5. The molecule has 6 aromatic heterocycles. The van der Waals surface area contributed by atoms with E-state index in [4.69, 9.17) is 51.6 Å². The van der Waals surface area contributed by atoms with E-state index in [1.54, 1.807) is 91.1 Å². The van der Waals surface area contributed by atoms with E-state index in [2.05, 4.69) is 35.9 Å². The first-order valence-corrected chi connectivity index (χ1v) is 31.1. The zero-order chi connectivity index (χ0) is 67.7. The Morgan fingerprint density at radius 1 is 0.531 bits per heavy atom. The molecule has 1 radical (unpaired) electrons. The van der Waals surface area contributed by atoms with E-state index < -0.39 is 71.6 Å². The van der Waals surface area contributed by atoms with Gasteiger partial charge in [-0.05, 0) is 114 Å². The summed E-state index contributed by atoms with van der Waals surface area (Å²) < 4.78 is 76.3. The Bertz CT molecular complexity index is 4030. The summed E-state index contributed by atoms with van der Waals surface area (Å²) in [6, 6.07) is 27.9. The second kappa shape index (κ2) is 37.9. The van der Waals surface area contributed by atoms with Crippen molar-refractivity contribution in [2.45, 2.75) is 82.4 Å². The summed E-state index contributed by atoms with van der Waals surface area (Å²) >= 11 is 9.53. The number of aliphatic hydroxyl groups excluding tert-OH is 3. The number of methoxy groups -OCH3 is 3. The molecule has 0 aliphatic carbocycles. The number of hydrogen-bond donors (Lipinski definition) is 8. The minimum Gasteiger partial charge on any atom is -0.481 e. The van der Waals surface area contributed by atoms with Crippen LogP contribution in [0.3, 0.4) is 0 Å². The molecule has 9 heterocycles. The van der Waals surface area contributed by atoms with Gasteiger partial charge in [-0.2, -0.15) is 0 Å². The molecule has 30 heteroatoms. The Balaban J connectivity index is 0.000000224. The summed E-state index contributed by atoms with van der Waals surface area (Å²) in [6.07, 6.45) is 4.74. The number of nitrogens with one attached hydrogen (secondary N) is 3. The van der Waals surface area contributed by atoms with Crippen LogP contribution in [0, 0.1) is 17.5 Å². The van der Waals surface area contributed by atoms with Gasteiger partial charge in [-0.1, -0.05) is 43.8 Å². The van der Waals surface area contributed by atoms with E-state index in [0.717, 1.165) is 31.7 Å². The van der Waals surface area contributed by atoms with Gasteiger partial charge in [0.1, 0.15) is 51.1 Å². The molecule has 23 nitrogen and oxygen atoms in total. The van der Waals surface area contributed by atoms with Gasteiger partial charge in [0.25, 0.3) is 17.7 Å². The molecule has 519 valence electrons. The number of amides is 3. The van der Waals surface area contributed by atoms with Crippen molar-refractivity contribution in [3.63, 3.8) is 0 Å². The quantitative estimate of drug-likeness (QED) is 0.0289. The predicted octanol–water partition coefficient (Wildman–Crippen LogP) is 7.06. The molecular weight excluding hydrogens is 1530 g/mol. The largest absolute Gasteiger partial charge is 0.481 e. The van der Waals surface area contributed by atoms with Crippen molar-refractivity contribution in [1.82, 2.24) is 35.9 Å². The molecule has 0 saturated carbocycles. The summed E-state index contributed by atoms with van der Waals surface area (Å²) in [5, 5.41) is 60.0. The van der Waals surface area contributed by atoms with Gasteiger partial charge in [0.15, 0.2) is 0 Å². The SMILES string of the molecule is C.COc1cc(Cc2cc(C(=O)N[C@H]3CCOC[C@@H]3O)nc3c(F)cccc23)cc[n+]1O.COc1cc(Cc2cc(C(=O)N[C@H]3CCOC[C@@H]3O)nc3c(F)cccc23)cc[n+]1O.COc1cc(Cc2cc(C(=O)N[C@H]3CCOC[C@@H]3O)nc3c(F)cccc23)ccn1.ClCCl.[V].[W]. The normalized spacial score (nSPS) is 17.8. The van der Waals surface area contributed by atoms with Crippen LogP contribution < -0.4 is 39.6 Å². The predicted molar refractivity (Wildman–Crippen MR) is 346 cm³/mol. The average Bonchev–Trinajstić information content (AvgIpc) is 0.797. The Hall–Kier alpha value is -7.85. The average molecular weight is 1600 g/mol. The third kappa shape index (κ3) is 20.4. The van der Waals surface area contributed by atoms with Crippen LogP contribution in [0.4, 0.5) is 13.2 Å². The fourth-order valence-corrected chi connectivity index (χ4v) is 10.9. The number of para-hydroxylation sites is 3. The number of ether oxygens (including phenoxy) is 6. The van der Waals surface area contributed by atoms with Crippen molar-refractivity contribution < 1.29 is 131 Å². The summed E-state index contributed by atoms with van der Waals surface area (Å²) in [5.74, 6) is -2.03. The number of halogens is 5. The number of pyridine rings is 6. The summed E-state index contributed by atoms with van der Waals surface area (Å²) in [6.45, 7) is 1.80. The number of aliphatic hydroxyl groups is 3. The number of rotatable bonds is 15. The first-order valence-electron chi connectivity index (χ1n) is 30.0. The van der Waals surface area contributed by atoms with Crippen molar-refractivity contribution in [1.29, 1.82) is 0 Å². The number of nitrogens with zero attached hydrogens (tertiary/aromatic N) is 6. The van der Waals surface area contributed by atoms with E-state index in [0.29, 0.717) is 91.5 Å². The second-order valence-electron chi connectivity index (χ2n) is 22.1. The minimum absolute atomic E-state index is 0. The molecule has 3 aromatic carbocycles. The number of alkyl halides is 2. The smallest absolute Gasteiger partial charge is 0.416 e. The molecule has 6 atom stereocenters. The summed E-state index contributed by atoms with van der Waals surface area (Å²) in [5.41, 5.74) is 5.19. The Morgan fingerprint density at radius 2 is 0.857 bits per heavy atom. The molecule has 3 aliphatic heterocycles. The van der Waals surface area contributed by atoms with E-state index >= 15 is 0 Å². The zero-order valence-corrected chi connectivity index (χ0v) is 58.5. The Kier molecular flexibility index (Phi) is 30.6. The fourth-order valence-electron chi connectivity index (χ4n) is 10.9. The number of hydrogen-bond acceptors (Lipinski definition) is 18. The van der Waals surface area contributed by atoms with Crippen molar-refractivity contribution in [3.8, 4) is 17.6 Å². The van der Waals surface area contributed by atoms with Crippen LogP contribution in [0.15, 0.2) is 128 Å². The van der Waals surface area contributed by atoms with Crippen LogP contribution in [0.5, 0.6) is 17.6 Å². The molecule has 0 bridgehead atoms. The first-order chi connectivity index (χ1) is 45.9. The van der Waals surface area contributed by atoms with E-state index in [1.807, 2.05) is 6.07 Å². The van der Waals surface area contributed by atoms with Gasteiger partial charge < -0.3 is 59.7 Å². The van der Waals surface area contributed by atoms with Crippen LogP contribution in [-0.4, -0.2) is 166 Å². The van der Waals surface area contributed by atoms with Crippen LogP contribution >= 0.6 is 23.2 Å². The van der Waals surface area contributed by atoms with Crippen molar-refractivity contribution in [3.05, 3.63) is 196 Å². The van der Waals surface area contributed by atoms with E-state index in [1.165, 1.54) is 51.9 Å². The van der Waals surface area contributed by atoms with Crippen LogP contribution in [0.2, 0.25) is 0 Å². The first kappa shape index (κ1) is 79.1. The number of fused-ring (bicyclic) bond motifs is 3. The molecular formula is C68H74Cl2F3N9O14VW+2. The van der Waals surface area contributed by atoms with Gasteiger partial charge in [-0.15, -0.1) is 23.2 Å². The molecule has 3 amide bonds. The van der Waals surface area contributed by atoms with Gasteiger partial charge in [-0.25, -0.2) is 33.1 Å². The number of aromatic nitrogens is 6. The Morgan fingerprint density at radius 3 is 1.16 bits per heavy atom.